The van der Waals surface area contributed by atoms with E-state index in [0.29, 0.717) is 13.2 Å². The lowest BCUT2D eigenvalue weighted by molar-refractivity contribution is 0.306. The van der Waals surface area contributed by atoms with Gasteiger partial charge in [-0.3, -0.25) is 9.98 Å². The van der Waals surface area contributed by atoms with Gasteiger partial charge in [-0.15, -0.1) is 0 Å². The summed E-state index contributed by atoms with van der Waals surface area (Å²) < 4.78 is 6.02. The Kier molecular flexibility index (Phi) is 5.31. The van der Waals surface area contributed by atoms with Crippen LogP contribution in [-0.2, 0) is 13.2 Å². The maximum atomic E-state index is 6.02. The summed E-state index contributed by atoms with van der Waals surface area (Å²) in [6.45, 7) is 1.07. The lowest BCUT2D eigenvalue weighted by atomic mass is 10.1. The molecule has 31 heavy (non-hydrogen) atoms. The van der Waals surface area contributed by atoms with Gasteiger partial charge in [0.1, 0.15) is 18.2 Å². The number of amidine groups is 1. The molecule has 1 aliphatic rings. The van der Waals surface area contributed by atoms with Crippen LogP contribution in [-0.4, -0.2) is 10.8 Å². The zero-order valence-corrected chi connectivity index (χ0v) is 17.0. The van der Waals surface area contributed by atoms with Crippen LogP contribution >= 0.6 is 0 Å². The largest absolute Gasteiger partial charge is 0.489 e. The molecule has 0 atom stereocenters. The van der Waals surface area contributed by atoms with Crippen molar-refractivity contribution in [3.05, 3.63) is 114 Å². The van der Waals surface area contributed by atoms with E-state index < -0.39 is 0 Å². The number of hydrogen-bond acceptors (Lipinski definition) is 4. The predicted molar refractivity (Wildman–Crippen MR) is 125 cm³/mol. The molecule has 0 saturated carbocycles. The Morgan fingerprint density at radius 3 is 2.45 bits per heavy atom. The van der Waals surface area contributed by atoms with Gasteiger partial charge in [-0.2, -0.15) is 0 Å². The standard InChI is InChI=1S/C26H22N4O/c1-2-7-19(8-3-1)18-31-21-12-13-24-25(15-21)30-26(22-10-4-5-11-23(22)29-24)28-17-20-9-6-14-27-16-20/h1-16,29H,17-18H2,(H,28,30). The highest BCUT2D eigenvalue weighted by molar-refractivity contribution is 6.15. The molecule has 5 nitrogen and oxygen atoms in total. The van der Waals surface area contributed by atoms with Crippen LogP contribution in [0.1, 0.15) is 16.7 Å². The van der Waals surface area contributed by atoms with Crippen LogP contribution in [0.3, 0.4) is 0 Å². The van der Waals surface area contributed by atoms with E-state index in [4.69, 9.17) is 9.73 Å². The molecular weight excluding hydrogens is 384 g/mol. The van der Waals surface area contributed by atoms with Gasteiger partial charge in [-0.05, 0) is 41.5 Å². The molecule has 0 fully saturated rings. The van der Waals surface area contributed by atoms with Gasteiger partial charge < -0.3 is 15.4 Å². The van der Waals surface area contributed by atoms with Crippen LogP contribution in [0.5, 0.6) is 5.75 Å². The van der Waals surface area contributed by atoms with E-state index in [9.17, 15) is 0 Å². The summed E-state index contributed by atoms with van der Waals surface area (Å²) in [5, 5.41) is 7.03. The summed E-state index contributed by atoms with van der Waals surface area (Å²) in [4.78, 5) is 9.05. The molecule has 0 radical (unpaired) electrons. The van der Waals surface area contributed by atoms with Crippen molar-refractivity contribution in [1.82, 2.24) is 4.98 Å². The molecule has 3 aromatic carbocycles. The van der Waals surface area contributed by atoms with E-state index >= 15 is 0 Å². The van der Waals surface area contributed by atoms with Gasteiger partial charge in [-0.1, -0.05) is 48.5 Å². The number of aliphatic imine (C=N–C) groups is 1. The molecule has 2 heterocycles. The van der Waals surface area contributed by atoms with Gasteiger partial charge in [0.2, 0.25) is 0 Å². The summed E-state index contributed by atoms with van der Waals surface area (Å²) in [6.07, 6.45) is 3.61. The molecule has 0 unspecified atom stereocenters. The first-order valence-corrected chi connectivity index (χ1v) is 10.2. The van der Waals surface area contributed by atoms with E-state index in [1.165, 1.54) is 0 Å². The second-order valence-corrected chi connectivity index (χ2v) is 7.30. The molecule has 0 bridgehead atoms. The Morgan fingerprint density at radius 2 is 1.58 bits per heavy atom. The third kappa shape index (κ3) is 4.41. The Balaban J connectivity index is 1.43. The fourth-order valence-corrected chi connectivity index (χ4v) is 3.49. The SMILES string of the molecule is c1ccc(COc2ccc3c(c2)NC(=NCc2cccnc2)c2ccccc2N3)cc1. The van der Waals surface area contributed by atoms with Crippen molar-refractivity contribution >= 4 is 22.9 Å². The molecule has 0 spiro atoms. The second kappa shape index (κ2) is 8.71. The van der Waals surface area contributed by atoms with Gasteiger partial charge in [0.15, 0.2) is 0 Å². The first kappa shape index (κ1) is 18.9. The van der Waals surface area contributed by atoms with Crippen LogP contribution in [0.4, 0.5) is 17.1 Å². The topological polar surface area (TPSA) is 58.5 Å². The van der Waals surface area contributed by atoms with E-state index in [0.717, 1.165) is 45.3 Å². The maximum Gasteiger partial charge on any atom is 0.135 e. The molecule has 0 aliphatic carbocycles. The van der Waals surface area contributed by atoms with Crippen LogP contribution in [0, 0.1) is 0 Å². The molecule has 4 aromatic rings. The number of fused-ring (bicyclic) bond motifs is 2. The van der Waals surface area contributed by atoms with Gasteiger partial charge in [0, 0.05) is 29.7 Å². The monoisotopic (exact) mass is 406 g/mol. The van der Waals surface area contributed by atoms with Crippen LogP contribution in [0.15, 0.2) is 102 Å². The second-order valence-electron chi connectivity index (χ2n) is 7.30. The highest BCUT2D eigenvalue weighted by Gasteiger charge is 2.17. The van der Waals surface area contributed by atoms with Crippen LogP contribution in [0.25, 0.3) is 0 Å². The lowest BCUT2D eigenvalue weighted by Crippen LogP contribution is -2.13. The number of ether oxygens (including phenoxy) is 1. The Hall–Kier alpha value is -4.12. The third-order valence-electron chi connectivity index (χ3n) is 5.09. The van der Waals surface area contributed by atoms with Gasteiger partial charge in [0.25, 0.3) is 0 Å². The average molecular weight is 406 g/mol. The van der Waals surface area contributed by atoms with Crippen LogP contribution < -0.4 is 15.4 Å². The van der Waals surface area contributed by atoms with E-state index in [1.54, 1.807) is 6.20 Å². The van der Waals surface area contributed by atoms with Crippen LogP contribution in [0.2, 0.25) is 0 Å². The zero-order chi connectivity index (χ0) is 20.9. The first-order valence-electron chi connectivity index (χ1n) is 10.2. The molecule has 5 rings (SSSR count). The molecule has 0 amide bonds. The van der Waals surface area contributed by atoms with Gasteiger partial charge >= 0.3 is 0 Å². The molecule has 5 heteroatoms. The number of rotatable bonds is 5. The smallest absolute Gasteiger partial charge is 0.135 e. The number of hydrogen-bond donors (Lipinski definition) is 2. The van der Waals surface area contributed by atoms with Crippen molar-refractivity contribution in [2.75, 3.05) is 10.6 Å². The van der Waals surface area contributed by atoms with Gasteiger partial charge in [-0.25, -0.2) is 0 Å². The Labute approximate surface area is 181 Å². The lowest BCUT2D eigenvalue weighted by Gasteiger charge is -2.12. The number of benzene rings is 3. The molecule has 1 aromatic heterocycles. The minimum Gasteiger partial charge on any atom is -0.489 e. The molecule has 1 aliphatic heterocycles. The Morgan fingerprint density at radius 1 is 0.742 bits per heavy atom. The van der Waals surface area contributed by atoms with Crippen molar-refractivity contribution < 1.29 is 4.74 Å². The Bertz CT molecular complexity index is 1210. The summed E-state index contributed by atoms with van der Waals surface area (Å²) in [6, 6.07) is 28.3. The maximum absolute atomic E-state index is 6.02. The van der Waals surface area contributed by atoms with E-state index in [2.05, 4.69) is 39.9 Å². The quantitative estimate of drug-likeness (QED) is 0.441. The van der Waals surface area contributed by atoms with Crippen molar-refractivity contribution in [3.63, 3.8) is 0 Å². The van der Waals surface area contributed by atoms with Crippen molar-refractivity contribution in [2.24, 2.45) is 4.99 Å². The minimum absolute atomic E-state index is 0.523. The summed E-state index contributed by atoms with van der Waals surface area (Å²) in [5.74, 6) is 1.61. The zero-order valence-electron chi connectivity index (χ0n) is 17.0. The predicted octanol–water partition coefficient (Wildman–Crippen LogP) is 5.78. The van der Waals surface area contributed by atoms with E-state index in [-0.39, 0.29) is 0 Å². The number of nitrogens with zero attached hydrogens (tertiary/aromatic N) is 2. The van der Waals surface area contributed by atoms with Crippen molar-refractivity contribution in [2.45, 2.75) is 13.2 Å². The number of pyridine rings is 1. The number of para-hydroxylation sites is 1. The molecule has 2 N–H and O–H groups in total. The number of nitrogens with one attached hydrogen (secondary N) is 2. The van der Waals surface area contributed by atoms with Gasteiger partial charge in [0.05, 0.1) is 17.9 Å². The molecule has 152 valence electrons. The van der Waals surface area contributed by atoms with E-state index in [1.807, 2.05) is 66.9 Å². The minimum atomic E-state index is 0.523. The molecule has 0 saturated heterocycles. The number of aromatic nitrogens is 1. The normalized spacial score (nSPS) is 13.4. The summed E-state index contributed by atoms with van der Waals surface area (Å²) in [5.41, 5.74) is 6.13. The van der Waals surface area contributed by atoms with Crippen molar-refractivity contribution in [1.29, 1.82) is 0 Å². The number of anilines is 3. The summed E-state index contributed by atoms with van der Waals surface area (Å²) in [7, 11) is 0. The average Bonchev–Trinajstić information content (AvgIpc) is 2.99. The fraction of sp³-hybridized carbons (Fsp3) is 0.0769. The fourth-order valence-electron chi connectivity index (χ4n) is 3.49. The summed E-state index contributed by atoms with van der Waals surface area (Å²) >= 11 is 0. The highest BCUT2D eigenvalue weighted by atomic mass is 16.5. The van der Waals surface area contributed by atoms with Crippen molar-refractivity contribution in [3.8, 4) is 5.75 Å². The third-order valence-corrected chi connectivity index (χ3v) is 5.09. The molecular formula is C26H22N4O. The first-order chi connectivity index (χ1) is 15.3. The highest BCUT2D eigenvalue weighted by Crippen LogP contribution is 2.35.